The third kappa shape index (κ3) is 22.3. The van der Waals surface area contributed by atoms with Crippen LogP contribution in [0.5, 0.6) is 23.0 Å². The van der Waals surface area contributed by atoms with Crippen molar-refractivity contribution in [1.82, 2.24) is 0 Å². The van der Waals surface area contributed by atoms with E-state index in [-0.39, 0.29) is 104 Å². The summed E-state index contributed by atoms with van der Waals surface area (Å²) in [6.07, 6.45) is 2.05. The Balaban J connectivity index is 1.36. The number of carbonyl (C=O) groups excluding carboxylic acids is 4. The van der Waals surface area contributed by atoms with Crippen LogP contribution in [-0.4, -0.2) is 115 Å². The van der Waals surface area contributed by atoms with E-state index in [0.717, 1.165) is 0 Å². The van der Waals surface area contributed by atoms with E-state index in [0.29, 0.717) is 35.8 Å². The molecule has 0 N–H and O–H groups in total. The normalized spacial score (nSPS) is 11.7. The van der Waals surface area contributed by atoms with Gasteiger partial charge in [-0.3, -0.25) is 19.2 Å². The predicted molar refractivity (Wildman–Crippen MR) is 213 cm³/mol. The van der Waals surface area contributed by atoms with Crippen LogP contribution in [0.3, 0.4) is 0 Å². The maximum atomic E-state index is 12.5. The Morgan fingerprint density at radius 3 is 1.29 bits per heavy atom. The summed E-state index contributed by atoms with van der Waals surface area (Å²) in [6, 6.07) is 25.5. The molecule has 2 unspecified atom stereocenters. The average molecular weight is 807 g/mol. The first-order chi connectivity index (χ1) is 28.3. The van der Waals surface area contributed by atoms with Crippen molar-refractivity contribution in [2.24, 2.45) is 0 Å². The van der Waals surface area contributed by atoms with Crippen molar-refractivity contribution in [3.63, 3.8) is 0 Å². The van der Waals surface area contributed by atoms with E-state index >= 15 is 0 Å². The van der Waals surface area contributed by atoms with Gasteiger partial charge in [0, 0.05) is 32.1 Å². The predicted octanol–water partition coefficient (Wildman–Crippen LogP) is 5.56. The van der Waals surface area contributed by atoms with E-state index in [2.05, 4.69) is 13.2 Å². The first kappa shape index (κ1) is 46.8. The fourth-order valence-corrected chi connectivity index (χ4v) is 4.75. The van der Waals surface area contributed by atoms with Crippen molar-refractivity contribution in [2.75, 3.05) is 79.3 Å². The number of esters is 2. The molecule has 14 nitrogen and oxygen atoms in total. The van der Waals surface area contributed by atoms with E-state index in [1.165, 1.54) is 12.2 Å². The summed E-state index contributed by atoms with van der Waals surface area (Å²) in [5, 5.41) is 0. The lowest BCUT2D eigenvalue weighted by Crippen LogP contribution is -2.30. The van der Waals surface area contributed by atoms with Crippen molar-refractivity contribution in [3.8, 4) is 23.0 Å². The third-order valence-electron chi connectivity index (χ3n) is 7.64. The molecule has 2 atom stereocenters. The molecule has 0 saturated carbocycles. The summed E-state index contributed by atoms with van der Waals surface area (Å²) in [7, 11) is 0. The molecule has 0 radical (unpaired) electrons. The molecule has 3 aromatic rings. The van der Waals surface area contributed by atoms with Gasteiger partial charge in [0.2, 0.25) is 0 Å². The fraction of sp³-hybridized carbons (Fsp3) is 0.409. The van der Waals surface area contributed by atoms with Crippen LogP contribution in [0.15, 0.2) is 110 Å². The lowest BCUT2D eigenvalue weighted by Gasteiger charge is -2.19. The fourth-order valence-electron chi connectivity index (χ4n) is 4.75. The lowest BCUT2D eigenvalue weighted by atomic mass is 10.3. The van der Waals surface area contributed by atoms with Crippen molar-refractivity contribution in [2.45, 2.75) is 37.9 Å². The Bertz CT molecular complexity index is 1510. The molecule has 3 aromatic carbocycles. The van der Waals surface area contributed by atoms with Crippen LogP contribution in [0.1, 0.15) is 25.7 Å². The maximum Gasteiger partial charge on any atom is 0.306 e. The molecule has 0 bridgehead atoms. The highest BCUT2D eigenvalue weighted by Gasteiger charge is 2.18. The molecule has 0 aliphatic heterocycles. The van der Waals surface area contributed by atoms with Crippen molar-refractivity contribution < 1.29 is 66.5 Å². The van der Waals surface area contributed by atoms with Crippen molar-refractivity contribution in [3.05, 3.63) is 110 Å². The maximum absolute atomic E-state index is 12.5. The van der Waals surface area contributed by atoms with Gasteiger partial charge < -0.3 is 47.4 Å². The van der Waals surface area contributed by atoms with Gasteiger partial charge in [-0.25, -0.2) is 0 Å². The van der Waals surface area contributed by atoms with Gasteiger partial charge in [0.15, 0.2) is 23.8 Å². The molecule has 314 valence electrons. The standard InChI is InChI=1S/C44H54O14/c1-3-35(45)29-49-22-12-20-43(47)57-41(33-55-37-14-7-5-8-15-37)31-51-24-26-53-39-18-11-19-40(28-39)54-27-25-52-32-42(34-56-38-16-9-6-10-17-38)58-44(48)21-13-23-50-30-36(46)4-2/h3-11,14-19,28,41-42H,1-2,12-13,20-27,29-34H2. The Morgan fingerprint density at radius 2 is 0.879 bits per heavy atom. The van der Waals surface area contributed by atoms with Crippen LogP contribution in [0.4, 0.5) is 0 Å². The van der Waals surface area contributed by atoms with E-state index in [1.54, 1.807) is 48.5 Å². The summed E-state index contributed by atoms with van der Waals surface area (Å²) in [4.78, 5) is 47.5. The number of para-hydroxylation sites is 2. The highest BCUT2D eigenvalue weighted by Crippen LogP contribution is 2.19. The number of hydrogen-bond acceptors (Lipinski definition) is 14. The van der Waals surface area contributed by atoms with Crippen LogP contribution in [-0.2, 0) is 47.6 Å². The summed E-state index contributed by atoms with van der Waals surface area (Å²) >= 11 is 0. The Kier molecular flexibility index (Phi) is 24.0. The molecule has 0 aliphatic carbocycles. The van der Waals surface area contributed by atoms with Crippen LogP contribution >= 0.6 is 0 Å². The van der Waals surface area contributed by atoms with Gasteiger partial charge >= 0.3 is 11.9 Å². The number of ketones is 2. The first-order valence-electron chi connectivity index (χ1n) is 19.1. The molecule has 0 fully saturated rings. The van der Waals surface area contributed by atoms with Crippen molar-refractivity contribution in [1.29, 1.82) is 0 Å². The second-order valence-corrected chi connectivity index (χ2v) is 12.4. The second kappa shape index (κ2) is 29.7. The van der Waals surface area contributed by atoms with Crippen molar-refractivity contribution >= 4 is 23.5 Å². The smallest absolute Gasteiger partial charge is 0.306 e. The monoisotopic (exact) mass is 806 g/mol. The second-order valence-electron chi connectivity index (χ2n) is 12.4. The highest BCUT2D eigenvalue weighted by atomic mass is 16.6. The van der Waals surface area contributed by atoms with Crippen LogP contribution in [0.25, 0.3) is 0 Å². The number of rotatable bonds is 34. The molecule has 0 aromatic heterocycles. The number of hydrogen-bond donors (Lipinski definition) is 0. The van der Waals surface area contributed by atoms with Crippen LogP contribution in [0.2, 0.25) is 0 Å². The van der Waals surface area contributed by atoms with Gasteiger partial charge in [0.25, 0.3) is 0 Å². The average Bonchev–Trinajstić information content (AvgIpc) is 3.24. The molecule has 0 amide bonds. The molecular formula is C44H54O14. The summed E-state index contributed by atoms with van der Waals surface area (Å²) in [5.74, 6) is 1.08. The topological polar surface area (TPSA) is 161 Å². The Hall–Kier alpha value is -5.54. The number of benzene rings is 3. The first-order valence-corrected chi connectivity index (χ1v) is 19.1. The SMILES string of the molecule is C=CC(=O)COCCCC(=O)OC(COCCOc1cccc(OCCOCC(COc2ccccc2)OC(=O)CCCOCC(=O)C=C)c1)COc1ccccc1. The molecule has 0 saturated heterocycles. The van der Waals surface area contributed by atoms with Gasteiger partial charge in [-0.1, -0.05) is 55.6 Å². The lowest BCUT2D eigenvalue weighted by molar-refractivity contribution is -0.155. The molecule has 0 heterocycles. The van der Waals surface area contributed by atoms with Crippen LogP contribution < -0.4 is 18.9 Å². The van der Waals surface area contributed by atoms with E-state index < -0.39 is 24.1 Å². The number of carbonyl (C=O) groups is 4. The van der Waals surface area contributed by atoms with Gasteiger partial charge in [-0.15, -0.1) is 0 Å². The van der Waals surface area contributed by atoms with Gasteiger partial charge in [-0.2, -0.15) is 0 Å². The van der Waals surface area contributed by atoms with E-state index in [1.807, 2.05) is 36.4 Å². The zero-order chi connectivity index (χ0) is 41.5. The summed E-state index contributed by atoms with van der Waals surface area (Å²) in [6.45, 7) is 8.34. The van der Waals surface area contributed by atoms with Gasteiger partial charge in [0.05, 0.1) is 26.4 Å². The molecule has 58 heavy (non-hydrogen) atoms. The third-order valence-corrected chi connectivity index (χ3v) is 7.64. The Labute approximate surface area is 339 Å². The number of ether oxygens (including phenoxy) is 10. The Morgan fingerprint density at radius 1 is 0.466 bits per heavy atom. The quantitative estimate of drug-likeness (QED) is 0.0419. The van der Waals surface area contributed by atoms with Gasteiger partial charge in [0.1, 0.15) is 62.6 Å². The minimum absolute atomic E-state index is 0.0775. The molecule has 3 rings (SSSR count). The van der Waals surface area contributed by atoms with Gasteiger partial charge in [-0.05, 0) is 61.4 Å². The zero-order valence-corrected chi connectivity index (χ0v) is 32.8. The molecular weight excluding hydrogens is 752 g/mol. The molecule has 14 heteroatoms. The molecule has 0 aliphatic rings. The zero-order valence-electron chi connectivity index (χ0n) is 32.8. The minimum Gasteiger partial charge on any atom is -0.491 e. The summed E-state index contributed by atoms with van der Waals surface area (Å²) < 4.78 is 56.5. The minimum atomic E-state index is -0.666. The van der Waals surface area contributed by atoms with E-state index in [4.69, 9.17) is 47.4 Å². The largest absolute Gasteiger partial charge is 0.491 e. The molecule has 0 spiro atoms. The van der Waals surface area contributed by atoms with E-state index in [9.17, 15) is 19.2 Å². The van der Waals surface area contributed by atoms with Crippen LogP contribution in [0, 0.1) is 0 Å². The highest BCUT2D eigenvalue weighted by molar-refractivity contribution is 5.90. The summed E-state index contributed by atoms with van der Waals surface area (Å²) in [5.41, 5.74) is 0.